The quantitative estimate of drug-likeness (QED) is 0.822. The summed E-state index contributed by atoms with van der Waals surface area (Å²) in [6, 6.07) is 12.6. The van der Waals surface area contributed by atoms with E-state index in [0.29, 0.717) is 27.9 Å². The van der Waals surface area contributed by atoms with E-state index in [1.54, 1.807) is 18.2 Å². The Morgan fingerprint density at radius 2 is 1.88 bits per heavy atom. The van der Waals surface area contributed by atoms with Crippen molar-refractivity contribution in [1.82, 2.24) is 5.32 Å². The van der Waals surface area contributed by atoms with Gasteiger partial charge in [0.2, 0.25) is 0 Å². The first kappa shape index (κ1) is 15.4. The van der Waals surface area contributed by atoms with Gasteiger partial charge < -0.3 is 10.4 Å². The zero-order valence-electron chi connectivity index (χ0n) is 12.4. The second-order valence-electron chi connectivity index (χ2n) is 5.60. The smallest absolute Gasteiger partial charge is 0.252 e. The van der Waals surface area contributed by atoms with Crippen LogP contribution in [0.25, 0.3) is 5.57 Å². The van der Waals surface area contributed by atoms with Crippen molar-refractivity contribution in [2.24, 2.45) is 4.99 Å². The molecule has 1 amide bonds. The van der Waals surface area contributed by atoms with Crippen LogP contribution in [0.1, 0.15) is 16.7 Å². The molecular weight excluding hydrogens is 347 g/mol. The van der Waals surface area contributed by atoms with Crippen LogP contribution in [0.4, 0.5) is 0 Å². The van der Waals surface area contributed by atoms with Crippen LogP contribution in [-0.2, 0) is 4.79 Å². The largest absolute Gasteiger partial charge is 0.368 e. The second kappa shape index (κ2) is 5.74. The topological polar surface area (TPSA) is 61.7 Å². The number of aliphatic hydroxyl groups excluding tert-OH is 1. The van der Waals surface area contributed by atoms with Gasteiger partial charge >= 0.3 is 0 Å². The molecule has 1 unspecified atom stereocenters. The molecule has 120 valence electrons. The minimum absolute atomic E-state index is 0.278. The molecule has 4 nitrogen and oxygen atoms in total. The number of hydrogen-bond acceptors (Lipinski definition) is 3. The maximum atomic E-state index is 12.1. The molecule has 2 aromatic carbocycles. The van der Waals surface area contributed by atoms with Crippen LogP contribution in [0.15, 0.2) is 53.0 Å². The van der Waals surface area contributed by atoms with Gasteiger partial charge in [-0.25, -0.2) is 4.99 Å². The van der Waals surface area contributed by atoms with Crippen molar-refractivity contribution >= 4 is 40.4 Å². The van der Waals surface area contributed by atoms with Crippen molar-refractivity contribution in [3.8, 4) is 0 Å². The Morgan fingerprint density at radius 3 is 2.67 bits per heavy atom. The van der Waals surface area contributed by atoms with Crippen molar-refractivity contribution in [3.63, 3.8) is 0 Å². The van der Waals surface area contributed by atoms with Gasteiger partial charge in [0.15, 0.2) is 6.23 Å². The lowest BCUT2D eigenvalue weighted by atomic mass is 9.93. The molecule has 0 aromatic heterocycles. The van der Waals surface area contributed by atoms with Crippen molar-refractivity contribution in [2.45, 2.75) is 6.23 Å². The summed E-state index contributed by atoms with van der Waals surface area (Å²) in [5.74, 6) is -0.303. The fourth-order valence-corrected chi connectivity index (χ4v) is 3.51. The van der Waals surface area contributed by atoms with Gasteiger partial charge in [-0.15, -0.1) is 0 Å². The number of rotatable bonds is 1. The fraction of sp³-hybridized carbons (Fsp3) is 0.111. The van der Waals surface area contributed by atoms with E-state index < -0.39 is 6.23 Å². The molecule has 4 rings (SSSR count). The molecule has 2 N–H and O–H groups in total. The maximum absolute atomic E-state index is 12.1. The third-order valence-electron chi connectivity index (χ3n) is 4.20. The zero-order chi connectivity index (χ0) is 16.8. The monoisotopic (exact) mass is 358 g/mol. The summed E-state index contributed by atoms with van der Waals surface area (Å²) in [6.07, 6.45) is -1.25. The molecule has 2 heterocycles. The standard InChI is InChI=1S/C18H12Cl2N2O2/c19-9-5-6-10-12(7-9)16(11-3-1-2-4-14(11)20)22-18(24)15-13(10)8-21-17(15)23/h1-7,18,24H,8H2,(H,21,23). The lowest BCUT2D eigenvalue weighted by molar-refractivity contribution is -0.117. The molecule has 0 saturated carbocycles. The third-order valence-corrected chi connectivity index (χ3v) is 4.76. The highest BCUT2D eigenvalue weighted by Crippen LogP contribution is 2.35. The number of aliphatic imine (C=N–C) groups is 1. The van der Waals surface area contributed by atoms with Gasteiger partial charge in [-0.2, -0.15) is 0 Å². The number of fused-ring (bicyclic) bond motifs is 2. The van der Waals surface area contributed by atoms with Crippen LogP contribution < -0.4 is 5.32 Å². The summed E-state index contributed by atoms with van der Waals surface area (Å²) in [5.41, 5.74) is 3.79. The lowest BCUT2D eigenvalue weighted by Gasteiger charge is -2.13. The Kier molecular flexibility index (Phi) is 3.68. The van der Waals surface area contributed by atoms with E-state index in [9.17, 15) is 9.90 Å². The highest BCUT2D eigenvalue weighted by atomic mass is 35.5. The van der Waals surface area contributed by atoms with E-state index in [0.717, 1.165) is 16.7 Å². The first-order valence-electron chi connectivity index (χ1n) is 7.38. The lowest BCUT2D eigenvalue weighted by Crippen LogP contribution is -2.23. The van der Waals surface area contributed by atoms with Crippen molar-refractivity contribution < 1.29 is 9.90 Å². The van der Waals surface area contributed by atoms with E-state index in [1.807, 2.05) is 24.3 Å². The maximum Gasteiger partial charge on any atom is 0.252 e. The first-order valence-corrected chi connectivity index (χ1v) is 8.14. The van der Waals surface area contributed by atoms with Gasteiger partial charge in [-0.1, -0.05) is 47.5 Å². The molecule has 2 aliphatic heterocycles. The molecule has 2 aromatic rings. The molecular formula is C18H12Cl2N2O2. The van der Waals surface area contributed by atoms with Gasteiger partial charge in [0, 0.05) is 27.7 Å². The second-order valence-corrected chi connectivity index (χ2v) is 6.44. The van der Waals surface area contributed by atoms with E-state index >= 15 is 0 Å². The highest BCUT2D eigenvalue weighted by molar-refractivity contribution is 6.36. The molecule has 0 fully saturated rings. The fourth-order valence-electron chi connectivity index (χ4n) is 3.11. The average Bonchev–Trinajstić information content (AvgIpc) is 2.89. The van der Waals surface area contributed by atoms with Crippen LogP contribution in [0.5, 0.6) is 0 Å². The predicted octanol–water partition coefficient (Wildman–Crippen LogP) is 3.05. The molecule has 24 heavy (non-hydrogen) atoms. The van der Waals surface area contributed by atoms with Crippen molar-refractivity contribution in [3.05, 3.63) is 74.8 Å². The summed E-state index contributed by atoms with van der Waals surface area (Å²) in [6.45, 7) is 0.352. The SMILES string of the molecule is O=C1NCC2=C1C(O)N=C(c1ccccc1Cl)c1cc(Cl)ccc12. The number of carbonyl (C=O) groups is 1. The van der Waals surface area contributed by atoms with Gasteiger partial charge in [0.05, 0.1) is 11.3 Å². The Hall–Kier alpha value is -2.14. The van der Waals surface area contributed by atoms with Gasteiger partial charge in [-0.05, 0) is 29.3 Å². The van der Waals surface area contributed by atoms with Crippen LogP contribution >= 0.6 is 23.2 Å². The van der Waals surface area contributed by atoms with Crippen LogP contribution in [-0.4, -0.2) is 29.5 Å². The molecule has 0 spiro atoms. The van der Waals surface area contributed by atoms with Crippen LogP contribution in [0, 0.1) is 0 Å². The average molecular weight is 359 g/mol. The molecule has 0 saturated heterocycles. The minimum Gasteiger partial charge on any atom is -0.368 e. The number of amides is 1. The minimum atomic E-state index is -1.25. The van der Waals surface area contributed by atoms with E-state index in [4.69, 9.17) is 23.2 Å². The van der Waals surface area contributed by atoms with Gasteiger partial charge in [-0.3, -0.25) is 4.79 Å². The number of carbonyl (C=O) groups excluding carboxylic acids is 1. The van der Waals surface area contributed by atoms with Crippen LogP contribution in [0.3, 0.4) is 0 Å². The molecule has 0 aliphatic carbocycles. The summed E-state index contributed by atoms with van der Waals surface area (Å²) in [4.78, 5) is 16.5. The van der Waals surface area contributed by atoms with Crippen molar-refractivity contribution in [1.29, 1.82) is 0 Å². The molecule has 0 radical (unpaired) electrons. The Labute approximate surface area is 148 Å². The number of nitrogens with zero attached hydrogens (tertiary/aromatic N) is 1. The van der Waals surface area contributed by atoms with Crippen molar-refractivity contribution in [2.75, 3.05) is 6.54 Å². The summed E-state index contributed by atoms with van der Waals surface area (Å²) >= 11 is 12.5. The first-order chi connectivity index (χ1) is 11.6. The van der Waals surface area contributed by atoms with Gasteiger partial charge in [0.1, 0.15) is 0 Å². The Bertz CT molecular complexity index is 934. The number of nitrogens with one attached hydrogen (secondary N) is 1. The summed E-state index contributed by atoms with van der Waals surface area (Å²) in [5, 5.41) is 14.3. The summed E-state index contributed by atoms with van der Waals surface area (Å²) < 4.78 is 0. The molecule has 0 bridgehead atoms. The molecule has 1 atom stereocenters. The number of halogens is 2. The van der Waals surface area contributed by atoms with E-state index in [1.165, 1.54) is 0 Å². The molecule has 2 aliphatic rings. The van der Waals surface area contributed by atoms with E-state index in [2.05, 4.69) is 10.3 Å². The third kappa shape index (κ3) is 2.35. The molecule has 6 heteroatoms. The summed E-state index contributed by atoms with van der Waals surface area (Å²) in [7, 11) is 0. The predicted molar refractivity (Wildman–Crippen MR) is 94.5 cm³/mol. The number of aliphatic hydroxyl groups is 1. The number of benzene rings is 2. The number of hydrogen-bond donors (Lipinski definition) is 2. The van der Waals surface area contributed by atoms with Gasteiger partial charge in [0.25, 0.3) is 5.91 Å². The van der Waals surface area contributed by atoms with Crippen LogP contribution in [0.2, 0.25) is 10.0 Å². The Morgan fingerprint density at radius 1 is 1.08 bits per heavy atom. The van der Waals surface area contributed by atoms with E-state index in [-0.39, 0.29) is 11.5 Å². The highest BCUT2D eigenvalue weighted by Gasteiger charge is 2.34. The normalized spacial score (nSPS) is 19.4. The zero-order valence-corrected chi connectivity index (χ0v) is 13.9. The Balaban J connectivity index is 2.03.